The summed E-state index contributed by atoms with van der Waals surface area (Å²) in [5, 5.41) is 0. The van der Waals surface area contributed by atoms with Gasteiger partial charge < -0.3 is 31.8 Å². The molecule has 4 rings (SSSR count). The van der Waals surface area contributed by atoms with Crippen LogP contribution >= 0.6 is 0 Å². The summed E-state index contributed by atoms with van der Waals surface area (Å²) in [6.45, 7) is -3.93. The average Bonchev–Trinajstić information content (AvgIpc) is 3.31. The van der Waals surface area contributed by atoms with Crippen LogP contribution in [0.2, 0.25) is 0 Å². The first kappa shape index (κ1) is 16.4. The molecule has 0 fully saturated rings. The summed E-state index contributed by atoms with van der Waals surface area (Å²) in [4.78, 5) is 0. The Morgan fingerprint density at radius 2 is 1.73 bits per heavy atom. The molecule has 1 aromatic heterocycles. The van der Waals surface area contributed by atoms with E-state index in [9.17, 15) is 8.63 Å². The van der Waals surface area contributed by atoms with Crippen LogP contribution in [0.4, 0.5) is 8.63 Å². The van der Waals surface area contributed by atoms with E-state index in [1.54, 1.807) is 36.4 Å². The van der Waals surface area contributed by atoms with Crippen molar-refractivity contribution in [2.75, 3.05) is 21.3 Å². The first-order chi connectivity index (χ1) is 12.5. The number of hydrogen-bond donors (Lipinski definition) is 0. The van der Waals surface area contributed by atoms with Gasteiger partial charge in [-0.2, -0.15) is 0 Å². The molecule has 2 aliphatic heterocycles. The zero-order valence-electron chi connectivity index (χ0n) is 14.6. The van der Waals surface area contributed by atoms with Crippen LogP contribution in [0.1, 0.15) is 11.3 Å². The third-order valence-electron chi connectivity index (χ3n) is 4.69. The number of allylic oxidation sites excluding steroid dienone is 2. The monoisotopic (exact) mass is 358 g/mol. The number of hydrogen-bond acceptors (Lipinski definition) is 3. The minimum Gasteiger partial charge on any atom is -0.493 e. The van der Waals surface area contributed by atoms with Gasteiger partial charge in [0, 0.05) is 17.8 Å². The molecular formula is C18H17BF2N2O3. The summed E-state index contributed by atoms with van der Waals surface area (Å²) in [7, 11) is 4.57. The zero-order valence-corrected chi connectivity index (χ0v) is 14.6. The van der Waals surface area contributed by atoms with Crippen LogP contribution in [0.25, 0.3) is 5.57 Å². The predicted molar refractivity (Wildman–Crippen MR) is 95.4 cm³/mol. The molecule has 0 amide bonds. The van der Waals surface area contributed by atoms with Gasteiger partial charge in [0.25, 0.3) is 0 Å². The van der Waals surface area contributed by atoms with Gasteiger partial charge in [-0.15, -0.1) is 0 Å². The molecule has 8 heteroatoms. The molecule has 134 valence electrons. The topological polar surface area (TPSA) is 35.6 Å². The van der Waals surface area contributed by atoms with Crippen molar-refractivity contribution in [3.63, 3.8) is 0 Å². The summed E-state index contributed by atoms with van der Waals surface area (Å²) < 4.78 is 47.9. The Morgan fingerprint density at radius 1 is 1.04 bits per heavy atom. The molecule has 3 heterocycles. The van der Waals surface area contributed by atoms with Crippen LogP contribution in [-0.2, 0) is 0 Å². The van der Waals surface area contributed by atoms with Crippen molar-refractivity contribution in [3.8, 4) is 17.2 Å². The highest BCUT2D eigenvalue weighted by Gasteiger charge is 2.51. The molecule has 0 bridgehead atoms. The highest BCUT2D eigenvalue weighted by atomic mass is 19.2. The Balaban J connectivity index is 2.02. The molecule has 0 saturated carbocycles. The number of methoxy groups -OCH3 is 3. The van der Waals surface area contributed by atoms with Crippen molar-refractivity contribution in [1.82, 2.24) is 4.48 Å². The van der Waals surface area contributed by atoms with Crippen LogP contribution in [-0.4, -0.2) is 43.5 Å². The van der Waals surface area contributed by atoms with Gasteiger partial charge in [-0.3, -0.25) is 0 Å². The number of nitrogens with zero attached hydrogens (tertiary/aromatic N) is 2. The summed E-state index contributed by atoms with van der Waals surface area (Å²) >= 11 is 0. The summed E-state index contributed by atoms with van der Waals surface area (Å²) in [5.41, 5.74) is 2.25. The van der Waals surface area contributed by atoms with E-state index in [0.29, 0.717) is 39.8 Å². The largest absolute Gasteiger partial charge is 0.737 e. The molecule has 26 heavy (non-hydrogen) atoms. The lowest BCUT2D eigenvalue weighted by Gasteiger charge is -2.31. The number of ether oxygens (including phenoxy) is 3. The molecule has 0 spiro atoms. The minimum atomic E-state index is -3.93. The Bertz CT molecular complexity index is 967. The molecule has 0 radical (unpaired) electrons. The van der Waals surface area contributed by atoms with Gasteiger partial charge in [0.2, 0.25) is 5.75 Å². The van der Waals surface area contributed by atoms with E-state index in [0.717, 1.165) is 8.96 Å². The van der Waals surface area contributed by atoms with Gasteiger partial charge >= 0.3 is 6.97 Å². The molecule has 2 aromatic rings. The molecule has 0 aliphatic carbocycles. The first-order valence-corrected chi connectivity index (χ1v) is 8.07. The van der Waals surface area contributed by atoms with Crippen LogP contribution in [0.3, 0.4) is 0 Å². The second-order valence-corrected chi connectivity index (χ2v) is 5.98. The number of halogens is 2. The lowest BCUT2D eigenvalue weighted by Crippen LogP contribution is -2.49. The Kier molecular flexibility index (Phi) is 3.64. The summed E-state index contributed by atoms with van der Waals surface area (Å²) in [5.74, 6) is 1.39. The number of rotatable bonds is 4. The van der Waals surface area contributed by atoms with E-state index < -0.39 is 6.97 Å². The fourth-order valence-corrected chi connectivity index (χ4v) is 3.54. The van der Waals surface area contributed by atoms with Gasteiger partial charge in [0.05, 0.1) is 26.9 Å². The van der Waals surface area contributed by atoms with E-state index >= 15 is 0 Å². The first-order valence-electron chi connectivity index (χ1n) is 8.07. The zero-order chi connectivity index (χ0) is 18.5. The molecule has 0 unspecified atom stereocenters. The van der Waals surface area contributed by atoms with E-state index in [2.05, 4.69) is 0 Å². The molecule has 0 atom stereocenters. The minimum absolute atomic E-state index is 0.440. The fraction of sp³-hybridized carbons (Fsp3) is 0.167. The summed E-state index contributed by atoms with van der Waals surface area (Å²) in [6, 6.07) is 6.84. The van der Waals surface area contributed by atoms with E-state index in [4.69, 9.17) is 14.2 Å². The summed E-state index contributed by atoms with van der Waals surface area (Å²) in [6.07, 6.45) is 6.10. The van der Waals surface area contributed by atoms with Crippen LogP contribution in [0, 0.1) is 0 Å². The van der Waals surface area contributed by atoms with Crippen molar-refractivity contribution in [2.24, 2.45) is 0 Å². The van der Waals surface area contributed by atoms with Gasteiger partial charge in [-0.25, -0.2) is 0 Å². The lowest BCUT2D eigenvalue weighted by atomic mass is 9.86. The molecule has 0 N–H and O–H groups in total. The third-order valence-corrected chi connectivity index (χ3v) is 4.69. The Hall–Kier alpha value is -3.03. The second-order valence-electron chi connectivity index (χ2n) is 5.98. The van der Waals surface area contributed by atoms with Crippen molar-refractivity contribution in [1.29, 1.82) is 0 Å². The van der Waals surface area contributed by atoms with E-state index in [1.807, 2.05) is 0 Å². The van der Waals surface area contributed by atoms with Crippen molar-refractivity contribution in [2.45, 2.75) is 0 Å². The Morgan fingerprint density at radius 3 is 2.35 bits per heavy atom. The van der Waals surface area contributed by atoms with Crippen molar-refractivity contribution in [3.05, 3.63) is 59.6 Å². The SMILES string of the molecule is COc1cc(C2=C3C=CC=[N+]3[B-](F)(F)n3cccc32)cc(OC)c1OC. The average molecular weight is 358 g/mol. The van der Waals surface area contributed by atoms with Crippen molar-refractivity contribution < 1.29 is 27.3 Å². The maximum Gasteiger partial charge on any atom is 0.737 e. The van der Waals surface area contributed by atoms with E-state index in [-0.39, 0.29) is 0 Å². The highest BCUT2D eigenvalue weighted by Crippen LogP contribution is 2.44. The maximum absolute atomic E-state index is 14.9. The van der Waals surface area contributed by atoms with Crippen LogP contribution in [0.5, 0.6) is 17.2 Å². The smallest absolute Gasteiger partial charge is 0.493 e. The molecule has 1 aromatic carbocycles. The standard InChI is InChI=1S/C18H17BF2N2O3/c1-24-15-10-12(11-16(25-2)18(15)26-3)17-13-6-4-8-22(13)19(20,21)23-9-5-7-14(17)23/h4-11H,1-3H3. The van der Waals surface area contributed by atoms with Gasteiger partial charge in [0.1, 0.15) is 6.21 Å². The quantitative estimate of drug-likeness (QED) is 0.788. The third kappa shape index (κ3) is 2.11. The van der Waals surface area contributed by atoms with Gasteiger partial charge in [-0.05, 0) is 36.0 Å². The van der Waals surface area contributed by atoms with Crippen LogP contribution in [0.15, 0.2) is 48.3 Å². The highest BCUT2D eigenvalue weighted by molar-refractivity contribution is 6.57. The van der Waals surface area contributed by atoms with Gasteiger partial charge in [0.15, 0.2) is 17.2 Å². The van der Waals surface area contributed by atoms with E-state index in [1.165, 1.54) is 33.7 Å². The number of aromatic nitrogens is 1. The normalized spacial score (nSPS) is 16.9. The Labute approximate surface area is 149 Å². The lowest BCUT2D eigenvalue weighted by molar-refractivity contribution is -0.356. The second kappa shape index (κ2) is 5.76. The van der Waals surface area contributed by atoms with Gasteiger partial charge in [-0.1, -0.05) is 0 Å². The number of benzene rings is 1. The number of fused-ring (bicyclic) bond motifs is 2. The molecule has 5 nitrogen and oxygen atoms in total. The maximum atomic E-state index is 14.9. The predicted octanol–water partition coefficient (Wildman–Crippen LogP) is 3.16. The molecule has 2 aliphatic rings. The molecular weight excluding hydrogens is 341 g/mol. The van der Waals surface area contributed by atoms with Crippen molar-refractivity contribution >= 4 is 18.8 Å². The fourth-order valence-electron chi connectivity index (χ4n) is 3.54. The molecule has 0 saturated heterocycles. The van der Waals surface area contributed by atoms with Crippen LogP contribution < -0.4 is 14.2 Å².